The molecule has 3 aromatic rings. The second-order valence-electron chi connectivity index (χ2n) is 10.8. The van der Waals surface area contributed by atoms with Crippen LogP contribution in [0.5, 0.6) is 0 Å². The SMILES string of the molecule is Cc1cc2c(cc1Cc1ccc(C(=O)N(CC#N)Cc3ccccc3)o1)C(C)(C)CCC2(C)C. The summed E-state index contributed by atoms with van der Waals surface area (Å²) in [5.41, 5.74) is 6.67. The normalized spacial score (nSPS) is 15.9. The summed E-state index contributed by atoms with van der Waals surface area (Å²) in [7, 11) is 0. The molecule has 1 aliphatic carbocycles. The van der Waals surface area contributed by atoms with Crippen molar-refractivity contribution in [3.63, 3.8) is 0 Å². The van der Waals surface area contributed by atoms with Crippen LogP contribution >= 0.6 is 0 Å². The summed E-state index contributed by atoms with van der Waals surface area (Å²) in [6.45, 7) is 11.9. The average molecular weight is 455 g/mol. The Kier molecular flexibility index (Phi) is 6.41. The lowest BCUT2D eigenvalue weighted by Crippen LogP contribution is -2.34. The number of fused-ring (bicyclic) bond motifs is 1. The Bertz CT molecular complexity index is 1230. The van der Waals surface area contributed by atoms with Crippen molar-refractivity contribution in [1.29, 1.82) is 5.26 Å². The van der Waals surface area contributed by atoms with Crippen molar-refractivity contribution in [2.75, 3.05) is 6.54 Å². The van der Waals surface area contributed by atoms with Crippen LogP contribution in [0.15, 0.2) is 59.0 Å². The topological polar surface area (TPSA) is 57.2 Å². The average Bonchev–Trinajstić information content (AvgIpc) is 3.26. The standard InChI is InChI=1S/C30H34N2O2/c1-21-17-25-26(30(4,5)14-13-29(25,2)3)19-23(21)18-24-11-12-27(34-24)28(33)32(16-15-31)20-22-9-7-6-8-10-22/h6-12,17,19H,13-14,16,18,20H2,1-5H3. The van der Waals surface area contributed by atoms with Crippen molar-refractivity contribution < 1.29 is 9.21 Å². The largest absolute Gasteiger partial charge is 0.456 e. The molecule has 1 heterocycles. The number of aryl methyl sites for hydroxylation is 1. The second kappa shape index (κ2) is 9.14. The first-order valence-electron chi connectivity index (χ1n) is 12.0. The van der Waals surface area contributed by atoms with Gasteiger partial charge in [0.15, 0.2) is 5.76 Å². The number of nitrogens with zero attached hydrogens (tertiary/aromatic N) is 2. The van der Waals surface area contributed by atoms with Gasteiger partial charge in [-0.25, -0.2) is 0 Å². The predicted molar refractivity (Wildman–Crippen MR) is 135 cm³/mol. The molecule has 4 rings (SSSR count). The predicted octanol–water partition coefficient (Wildman–Crippen LogP) is 6.69. The van der Waals surface area contributed by atoms with Gasteiger partial charge in [0.1, 0.15) is 12.3 Å². The molecule has 0 fully saturated rings. The Hall–Kier alpha value is -3.32. The maximum atomic E-state index is 13.1. The monoisotopic (exact) mass is 454 g/mol. The summed E-state index contributed by atoms with van der Waals surface area (Å²) < 4.78 is 6.01. The van der Waals surface area contributed by atoms with Crippen LogP contribution in [0, 0.1) is 18.3 Å². The van der Waals surface area contributed by atoms with Crippen molar-refractivity contribution in [3.8, 4) is 6.07 Å². The maximum absolute atomic E-state index is 13.1. The zero-order valence-corrected chi connectivity index (χ0v) is 20.9. The number of furan rings is 1. The van der Waals surface area contributed by atoms with E-state index in [1.165, 1.54) is 40.0 Å². The molecule has 34 heavy (non-hydrogen) atoms. The minimum absolute atomic E-state index is 0.0125. The third-order valence-electron chi connectivity index (χ3n) is 7.31. The minimum Gasteiger partial charge on any atom is -0.456 e. The summed E-state index contributed by atoms with van der Waals surface area (Å²) in [5, 5.41) is 9.24. The summed E-state index contributed by atoms with van der Waals surface area (Å²) in [6, 6.07) is 20.1. The fourth-order valence-corrected chi connectivity index (χ4v) is 4.98. The third-order valence-corrected chi connectivity index (χ3v) is 7.31. The molecular weight excluding hydrogens is 420 g/mol. The van der Waals surface area contributed by atoms with Gasteiger partial charge < -0.3 is 9.32 Å². The van der Waals surface area contributed by atoms with Crippen LogP contribution in [-0.2, 0) is 23.8 Å². The van der Waals surface area contributed by atoms with E-state index in [2.05, 4.69) is 52.8 Å². The van der Waals surface area contributed by atoms with Gasteiger partial charge in [-0.15, -0.1) is 0 Å². The van der Waals surface area contributed by atoms with Gasteiger partial charge in [-0.3, -0.25) is 4.79 Å². The van der Waals surface area contributed by atoms with Crippen LogP contribution in [0.4, 0.5) is 0 Å². The summed E-state index contributed by atoms with van der Waals surface area (Å²) in [5.74, 6) is 0.774. The molecule has 0 bridgehead atoms. The maximum Gasteiger partial charge on any atom is 0.290 e. The first-order valence-corrected chi connectivity index (χ1v) is 12.0. The van der Waals surface area contributed by atoms with Crippen molar-refractivity contribution in [1.82, 2.24) is 4.90 Å². The van der Waals surface area contributed by atoms with Crippen LogP contribution < -0.4 is 0 Å². The molecule has 1 aliphatic rings. The molecular formula is C30H34N2O2. The quantitative estimate of drug-likeness (QED) is 0.390. The van der Waals surface area contributed by atoms with E-state index in [1.54, 1.807) is 6.07 Å². The number of carbonyl (C=O) groups is 1. The minimum atomic E-state index is -0.262. The highest BCUT2D eigenvalue weighted by atomic mass is 16.4. The molecule has 0 aliphatic heterocycles. The van der Waals surface area contributed by atoms with Crippen LogP contribution in [-0.4, -0.2) is 17.4 Å². The van der Waals surface area contributed by atoms with Crippen LogP contribution in [0.2, 0.25) is 0 Å². The number of carbonyl (C=O) groups excluding carboxylic acids is 1. The first kappa shape index (κ1) is 23.8. The number of amides is 1. The highest BCUT2D eigenvalue weighted by Gasteiger charge is 2.37. The van der Waals surface area contributed by atoms with E-state index in [0.717, 1.165) is 11.3 Å². The third kappa shape index (κ3) is 4.80. The lowest BCUT2D eigenvalue weighted by molar-refractivity contribution is 0.0731. The first-order chi connectivity index (χ1) is 16.1. The van der Waals surface area contributed by atoms with Gasteiger partial charge in [0.25, 0.3) is 5.91 Å². The van der Waals surface area contributed by atoms with Crippen molar-refractivity contribution in [3.05, 3.63) is 93.9 Å². The van der Waals surface area contributed by atoms with Gasteiger partial charge in [0, 0.05) is 13.0 Å². The molecule has 0 N–H and O–H groups in total. The van der Waals surface area contributed by atoms with Crippen molar-refractivity contribution >= 4 is 5.91 Å². The smallest absolute Gasteiger partial charge is 0.290 e. The van der Waals surface area contributed by atoms with Gasteiger partial charge in [-0.05, 0) is 70.5 Å². The summed E-state index contributed by atoms with van der Waals surface area (Å²) in [4.78, 5) is 14.6. The molecule has 4 heteroatoms. The Morgan fingerprint density at radius 3 is 2.29 bits per heavy atom. The van der Waals surface area contributed by atoms with E-state index in [9.17, 15) is 10.1 Å². The molecule has 0 spiro atoms. The number of hydrogen-bond acceptors (Lipinski definition) is 3. The summed E-state index contributed by atoms with van der Waals surface area (Å²) in [6.07, 6.45) is 3.00. The lowest BCUT2D eigenvalue weighted by atomic mass is 9.62. The molecule has 0 saturated heterocycles. The van der Waals surface area contributed by atoms with Gasteiger partial charge in [-0.2, -0.15) is 5.26 Å². The van der Waals surface area contributed by atoms with Crippen LogP contribution in [0.1, 0.15) is 84.7 Å². The van der Waals surface area contributed by atoms with Gasteiger partial charge in [0.2, 0.25) is 0 Å². The van der Waals surface area contributed by atoms with E-state index in [0.29, 0.717) is 13.0 Å². The molecule has 0 unspecified atom stereocenters. The Labute approximate surface area is 203 Å². The highest BCUT2D eigenvalue weighted by Crippen LogP contribution is 2.46. The highest BCUT2D eigenvalue weighted by molar-refractivity contribution is 5.91. The van der Waals surface area contributed by atoms with Gasteiger partial charge >= 0.3 is 0 Å². The molecule has 1 amide bonds. The number of benzene rings is 2. The second-order valence-corrected chi connectivity index (χ2v) is 10.8. The number of hydrogen-bond donors (Lipinski definition) is 0. The lowest BCUT2D eigenvalue weighted by Gasteiger charge is -2.42. The number of nitriles is 1. The fraction of sp³-hybridized carbons (Fsp3) is 0.400. The fourth-order valence-electron chi connectivity index (χ4n) is 4.98. The van der Waals surface area contributed by atoms with E-state index in [-0.39, 0.29) is 29.0 Å². The molecule has 0 saturated carbocycles. The van der Waals surface area contributed by atoms with Crippen molar-refractivity contribution in [2.24, 2.45) is 0 Å². The zero-order valence-electron chi connectivity index (χ0n) is 20.9. The van der Waals surface area contributed by atoms with E-state index in [1.807, 2.05) is 36.4 Å². The van der Waals surface area contributed by atoms with Gasteiger partial charge in [0.05, 0.1) is 6.07 Å². The zero-order chi connectivity index (χ0) is 24.5. The Morgan fingerprint density at radius 2 is 1.65 bits per heavy atom. The number of rotatable bonds is 6. The Balaban J connectivity index is 1.57. The molecule has 0 atom stereocenters. The Morgan fingerprint density at radius 1 is 1.00 bits per heavy atom. The molecule has 176 valence electrons. The van der Waals surface area contributed by atoms with E-state index >= 15 is 0 Å². The van der Waals surface area contributed by atoms with Crippen molar-refractivity contribution in [2.45, 2.75) is 71.3 Å². The molecule has 0 radical (unpaired) electrons. The molecule has 2 aromatic carbocycles. The summed E-state index contributed by atoms with van der Waals surface area (Å²) >= 11 is 0. The van der Waals surface area contributed by atoms with E-state index in [4.69, 9.17) is 4.42 Å². The molecule has 4 nitrogen and oxygen atoms in total. The van der Waals surface area contributed by atoms with Crippen LogP contribution in [0.25, 0.3) is 0 Å². The van der Waals surface area contributed by atoms with Gasteiger partial charge in [-0.1, -0.05) is 70.2 Å². The molecule has 1 aromatic heterocycles. The van der Waals surface area contributed by atoms with E-state index < -0.39 is 0 Å². The van der Waals surface area contributed by atoms with Crippen LogP contribution in [0.3, 0.4) is 0 Å².